The van der Waals surface area contributed by atoms with Gasteiger partial charge < -0.3 is 5.32 Å². The van der Waals surface area contributed by atoms with Crippen LogP contribution >= 0.6 is 22.6 Å². The van der Waals surface area contributed by atoms with Crippen LogP contribution in [0, 0.1) is 17.4 Å². The number of nitrogens with one attached hydrogen (secondary N) is 1. The molecule has 0 radical (unpaired) electrons. The maximum Gasteiger partial charge on any atom is 0.0859 e. The number of hydrogen-bond acceptors (Lipinski definition) is 2. The van der Waals surface area contributed by atoms with Crippen LogP contribution in [0.4, 0.5) is 5.69 Å². The van der Waals surface area contributed by atoms with Gasteiger partial charge in [0.25, 0.3) is 0 Å². The van der Waals surface area contributed by atoms with Gasteiger partial charge >= 0.3 is 0 Å². The zero-order valence-corrected chi connectivity index (χ0v) is 12.6. The van der Waals surface area contributed by atoms with E-state index < -0.39 is 0 Å². The molecule has 2 nitrogen and oxygen atoms in total. The molecule has 2 rings (SSSR count). The standard InChI is InChI=1S/C14H17IN2/c1-4-8-16-13-9(2)10(3)17-14-11(13)6-5-7-12(14)15/h5-7H,4,8H2,1-3H3,(H,16,17). The maximum atomic E-state index is 4.70. The molecule has 90 valence electrons. The topological polar surface area (TPSA) is 24.9 Å². The zero-order valence-electron chi connectivity index (χ0n) is 10.5. The molecule has 0 spiro atoms. The quantitative estimate of drug-likeness (QED) is 0.844. The lowest BCUT2D eigenvalue weighted by Gasteiger charge is -2.14. The second-order valence-electron chi connectivity index (χ2n) is 4.26. The predicted molar refractivity (Wildman–Crippen MR) is 82.7 cm³/mol. The fourth-order valence-electron chi connectivity index (χ4n) is 1.94. The number of halogens is 1. The third-order valence-corrected chi connectivity index (χ3v) is 3.88. The summed E-state index contributed by atoms with van der Waals surface area (Å²) in [4.78, 5) is 4.70. The molecule has 0 amide bonds. The van der Waals surface area contributed by atoms with E-state index in [1.807, 2.05) is 0 Å². The Morgan fingerprint density at radius 2 is 2.06 bits per heavy atom. The largest absolute Gasteiger partial charge is 0.384 e. The third-order valence-electron chi connectivity index (χ3n) is 3.01. The van der Waals surface area contributed by atoms with E-state index in [9.17, 15) is 0 Å². The molecule has 1 aromatic carbocycles. The van der Waals surface area contributed by atoms with Gasteiger partial charge in [0.1, 0.15) is 0 Å². The van der Waals surface area contributed by atoms with Crippen LogP contribution in [0.5, 0.6) is 0 Å². The van der Waals surface area contributed by atoms with Crippen LogP contribution in [-0.2, 0) is 0 Å². The van der Waals surface area contributed by atoms with E-state index >= 15 is 0 Å². The average Bonchev–Trinajstić information content (AvgIpc) is 2.31. The van der Waals surface area contributed by atoms with Crippen molar-refractivity contribution in [2.45, 2.75) is 27.2 Å². The summed E-state index contributed by atoms with van der Waals surface area (Å²) in [7, 11) is 0. The molecule has 0 saturated heterocycles. The van der Waals surface area contributed by atoms with Gasteiger partial charge in [0.05, 0.1) is 5.52 Å². The normalized spacial score (nSPS) is 10.8. The van der Waals surface area contributed by atoms with Crippen molar-refractivity contribution in [2.75, 3.05) is 11.9 Å². The molecular formula is C14H17IN2. The minimum atomic E-state index is 1.00. The van der Waals surface area contributed by atoms with Crippen LogP contribution in [-0.4, -0.2) is 11.5 Å². The molecule has 3 heteroatoms. The first-order valence-electron chi connectivity index (χ1n) is 5.94. The first-order chi connectivity index (χ1) is 8.15. The number of aryl methyl sites for hydroxylation is 1. The summed E-state index contributed by atoms with van der Waals surface area (Å²) in [5.74, 6) is 0. The van der Waals surface area contributed by atoms with Crippen LogP contribution in [0.15, 0.2) is 18.2 Å². The number of rotatable bonds is 3. The summed E-state index contributed by atoms with van der Waals surface area (Å²) in [6.07, 6.45) is 1.13. The number of aromatic nitrogens is 1. The van der Waals surface area contributed by atoms with Crippen LogP contribution in [0.25, 0.3) is 10.9 Å². The van der Waals surface area contributed by atoms with E-state index in [4.69, 9.17) is 4.98 Å². The Morgan fingerprint density at radius 1 is 1.29 bits per heavy atom. The third kappa shape index (κ3) is 2.39. The Kier molecular flexibility index (Phi) is 3.86. The van der Waals surface area contributed by atoms with Gasteiger partial charge in [-0.2, -0.15) is 0 Å². The van der Waals surface area contributed by atoms with Crippen molar-refractivity contribution >= 4 is 39.2 Å². The molecule has 1 N–H and O–H groups in total. The summed E-state index contributed by atoms with van der Waals surface area (Å²) < 4.78 is 1.21. The molecule has 0 bridgehead atoms. The Bertz CT molecular complexity index is 549. The first-order valence-corrected chi connectivity index (χ1v) is 7.02. The predicted octanol–water partition coefficient (Wildman–Crippen LogP) is 4.28. The number of fused-ring (bicyclic) bond motifs is 1. The second-order valence-corrected chi connectivity index (χ2v) is 5.42. The molecule has 0 aliphatic carbocycles. The van der Waals surface area contributed by atoms with Crippen LogP contribution in [0.1, 0.15) is 24.6 Å². The number of nitrogens with zero attached hydrogens (tertiary/aromatic N) is 1. The van der Waals surface area contributed by atoms with Crippen molar-refractivity contribution in [3.05, 3.63) is 33.0 Å². The highest BCUT2D eigenvalue weighted by Gasteiger charge is 2.10. The Morgan fingerprint density at radius 3 is 2.76 bits per heavy atom. The van der Waals surface area contributed by atoms with Crippen molar-refractivity contribution < 1.29 is 0 Å². The van der Waals surface area contributed by atoms with Crippen LogP contribution in [0.3, 0.4) is 0 Å². The monoisotopic (exact) mass is 340 g/mol. The molecule has 0 fully saturated rings. The van der Waals surface area contributed by atoms with E-state index in [1.54, 1.807) is 0 Å². The second kappa shape index (κ2) is 5.21. The molecule has 0 unspecified atom stereocenters. The molecule has 0 aliphatic heterocycles. The lowest BCUT2D eigenvalue weighted by atomic mass is 10.1. The maximum absolute atomic E-state index is 4.70. The molecule has 0 aliphatic rings. The molecule has 0 saturated carbocycles. The van der Waals surface area contributed by atoms with Crippen LogP contribution < -0.4 is 5.32 Å². The number of para-hydroxylation sites is 1. The highest BCUT2D eigenvalue weighted by Crippen LogP contribution is 2.30. The fourth-order valence-corrected chi connectivity index (χ4v) is 2.56. The van der Waals surface area contributed by atoms with Gasteiger partial charge in [-0.3, -0.25) is 4.98 Å². The molecule has 1 aromatic heterocycles. The zero-order chi connectivity index (χ0) is 12.4. The first kappa shape index (κ1) is 12.6. The van der Waals surface area contributed by atoms with Crippen molar-refractivity contribution in [1.82, 2.24) is 4.98 Å². The van der Waals surface area contributed by atoms with Gasteiger partial charge in [0, 0.05) is 26.9 Å². The number of hydrogen-bond donors (Lipinski definition) is 1. The van der Waals surface area contributed by atoms with Gasteiger partial charge in [-0.1, -0.05) is 19.1 Å². The van der Waals surface area contributed by atoms with E-state index in [0.29, 0.717) is 0 Å². The van der Waals surface area contributed by atoms with E-state index in [0.717, 1.165) is 24.2 Å². The summed E-state index contributed by atoms with van der Waals surface area (Å²) >= 11 is 2.35. The smallest absolute Gasteiger partial charge is 0.0859 e. The number of benzene rings is 1. The highest BCUT2D eigenvalue weighted by molar-refractivity contribution is 14.1. The fraction of sp³-hybridized carbons (Fsp3) is 0.357. The molecule has 1 heterocycles. The molecule has 17 heavy (non-hydrogen) atoms. The summed E-state index contributed by atoms with van der Waals surface area (Å²) in [6.45, 7) is 7.40. The average molecular weight is 340 g/mol. The lowest BCUT2D eigenvalue weighted by Crippen LogP contribution is -2.05. The summed E-state index contributed by atoms with van der Waals surface area (Å²) in [5.41, 5.74) is 4.72. The summed E-state index contributed by atoms with van der Waals surface area (Å²) in [6, 6.07) is 6.35. The molecule has 0 atom stereocenters. The number of pyridine rings is 1. The van der Waals surface area contributed by atoms with Gasteiger partial charge in [0.15, 0.2) is 0 Å². The Labute approximate surface area is 116 Å². The van der Waals surface area contributed by atoms with Gasteiger partial charge in [-0.25, -0.2) is 0 Å². The summed E-state index contributed by atoms with van der Waals surface area (Å²) in [5, 5.41) is 4.76. The van der Waals surface area contributed by atoms with Crippen LogP contribution in [0.2, 0.25) is 0 Å². The van der Waals surface area contributed by atoms with Crippen molar-refractivity contribution in [3.8, 4) is 0 Å². The van der Waals surface area contributed by atoms with E-state index in [-0.39, 0.29) is 0 Å². The van der Waals surface area contributed by atoms with Crippen molar-refractivity contribution in [3.63, 3.8) is 0 Å². The van der Waals surface area contributed by atoms with E-state index in [2.05, 4.69) is 66.9 Å². The lowest BCUT2D eigenvalue weighted by molar-refractivity contribution is 0.977. The molecular weight excluding hydrogens is 323 g/mol. The SMILES string of the molecule is CCCNc1c(C)c(C)nc2c(I)cccc12. The molecule has 2 aromatic rings. The van der Waals surface area contributed by atoms with Gasteiger partial charge in [-0.05, 0) is 54.5 Å². The minimum absolute atomic E-state index is 1.00. The Hall–Kier alpha value is -0.840. The minimum Gasteiger partial charge on any atom is -0.384 e. The Balaban J connectivity index is 2.69. The van der Waals surface area contributed by atoms with Crippen molar-refractivity contribution in [1.29, 1.82) is 0 Å². The highest BCUT2D eigenvalue weighted by atomic mass is 127. The van der Waals surface area contributed by atoms with E-state index in [1.165, 1.54) is 20.2 Å². The van der Waals surface area contributed by atoms with Crippen molar-refractivity contribution in [2.24, 2.45) is 0 Å². The van der Waals surface area contributed by atoms with Gasteiger partial charge in [0.2, 0.25) is 0 Å². The van der Waals surface area contributed by atoms with Gasteiger partial charge in [-0.15, -0.1) is 0 Å². The number of anilines is 1.